The third-order valence-corrected chi connectivity index (χ3v) is 11.0. The maximum atomic E-state index is 12.5. The van der Waals surface area contributed by atoms with Gasteiger partial charge < -0.3 is 24.6 Å². The average Bonchev–Trinajstić information content (AvgIpc) is 3.75. The summed E-state index contributed by atoms with van der Waals surface area (Å²) in [6.45, 7) is 12.9. The van der Waals surface area contributed by atoms with Crippen LogP contribution in [0.15, 0.2) is 29.3 Å². The van der Waals surface area contributed by atoms with Crippen molar-refractivity contribution in [2.75, 3.05) is 19.3 Å². The molecule has 3 aromatic heterocycles. The first kappa shape index (κ1) is 32.0. The Morgan fingerprint density at radius 2 is 2.04 bits per heavy atom. The first-order valence-electron chi connectivity index (χ1n) is 16.2. The number of nitrogen functional groups attached to an aromatic ring is 1. The van der Waals surface area contributed by atoms with E-state index in [-0.39, 0.29) is 36.2 Å². The molecule has 2 aliphatic heterocycles. The number of nitriles is 1. The van der Waals surface area contributed by atoms with E-state index in [1.165, 1.54) is 17.4 Å². The maximum Gasteiger partial charge on any atom is 0.246 e. The zero-order valence-electron chi connectivity index (χ0n) is 27.3. The molecule has 5 heterocycles. The van der Waals surface area contributed by atoms with Gasteiger partial charge in [0, 0.05) is 53.5 Å². The summed E-state index contributed by atoms with van der Waals surface area (Å²) in [4.78, 5) is 27.5. The van der Waals surface area contributed by atoms with Crippen LogP contribution in [0.5, 0.6) is 11.6 Å². The van der Waals surface area contributed by atoms with Gasteiger partial charge in [0.05, 0.1) is 11.0 Å². The highest BCUT2D eigenvalue weighted by molar-refractivity contribution is 7.16. The van der Waals surface area contributed by atoms with E-state index in [2.05, 4.69) is 36.7 Å². The molecule has 12 heteroatoms. The van der Waals surface area contributed by atoms with Crippen molar-refractivity contribution in [2.24, 2.45) is 0 Å². The van der Waals surface area contributed by atoms with E-state index in [4.69, 9.17) is 29.7 Å². The topological polar surface area (TPSA) is 144 Å². The summed E-state index contributed by atoms with van der Waals surface area (Å²) >= 11 is 1.47. The number of nitrogens with two attached hydrogens (primary N) is 1. The van der Waals surface area contributed by atoms with Gasteiger partial charge in [-0.1, -0.05) is 11.7 Å². The first-order valence-corrected chi connectivity index (χ1v) is 17.0. The van der Waals surface area contributed by atoms with Crippen molar-refractivity contribution in [3.8, 4) is 29.2 Å². The Balaban J connectivity index is 1.32. The molecule has 0 saturated carbocycles. The van der Waals surface area contributed by atoms with Crippen LogP contribution in [0, 0.1) is 11.3 Å². The molecule has 0 aromatic carbocycles. The second-order valence-corrected chi connectivity index (χ2v) is 14.4. The quantitative estimate of drug-likeness (QED) is 0.313. The lowest BCUT2D eigenvalue weighted by Crippen LogP contribution is -2.51. The molecule has 5 atom stereocenters. The zero-order valence-corrected chi connectivity index (χ0v) is 28.1. The van der Waals surface area contributed by atoms with Crippen molar-refractivity contribution >= 4 is 22.2 Å². The van der Waals surface area contributed by atoms with Crippen LogP contribution in [0.25, 0.3) is 11.5 Å². The molecule has 46 heavy (non-hydrogen) atoms. The summed E-state index contributed by atoms with van der Waals surface area (Å²) in [5.74, 6) is 1.70. The number of carbonyl (C=O) groups is 1. The lowest BCUT2D eigenvalue weighted by molar-refractivity contribution is -0.133. The van der Waals surface area contributed by atoms with E-state index in [0.717, 1.165) is 49.1 Å². The number of thiophene rings is 1. The monoisotopic (exact) mass is 645 g/mol. The van der Waals surface area contributed by atoms with Crippen LogP contribution < -0.4 is 15.2 Å². The Morgan fingerprint density at radius 3 is 2.72 bits per heavy atom. The Bertz CT molecular complexity index is 1650. The van der Waals surface area contributed by atoms with Crippen LogP contribution in [-0.4, -0.2) is 74.8 Å². The minimum absolute atomic E-state index is 0.000425. The van der Waals surface area contributed by atoms with Crippen molar-refractivity contribution in [2.45, 2.75) is 108 Å². The Hall–Kier alpha value is -3.95. The van der Waals surface area contributed by atoms with E-state index in [1.54, 1.807) is 0 Å². The lowest BCUT2D eigenvalue weighted by Gasteiger charge is -2.42. The normalized spacial score (nSPS) is 27.1. The Morgan fingerprint density at radius 1 is 1.28 bits per heavy atom. The van der Waals surface area contributed by atoms with Gasteiger partial charge in [-0.2, -0.15) is 10.2 Å². The molecule has 2 N–H and O–H groups in total. The molecule has 3 aromatic rings. The zero-order chi connectivity index (χ0) is 32.7. The number of nitrogens with zero attached hydrogens (tertiary/aromatic N) is 6. The van der Waals surface area contributed by atoms with Crippen molar-refractivity contribution in [3.05, 3.63) is 46.7 Å². The first-order chi connectivity index (χ1) is 22.0. The number of anilines is 1. The van der Waals surface area contributed by atoms with E-state index in [1.807, 2.05) is 37.8 Å². The van der Waals surface area contributed by atoms with Crippen LogP contribution >= 0.6 is 11.3 Å². The van der Waals surface area contributed by atoms with Crippen molar-refractivity contribution in [1.82, 2.24) is 24.9 Å². The average molecular weight is 646 g/mol. The number of piperidine rings is 1. The lowest BCUT2D eigenvalue weighted by atomic mass is 9.72. The molecule has 3 aliphatic rings. The van der Waals surface area contributed by atoms with Crippen LogP contribution in [-0.2, 0) is 16.6 Å². The second kappa shape index (κ2) is 12.7. The SMILES string of the molecule is C=CC(=O)N1[C@H](C)CC(Oc2cc(O[C@@H](C)[C@@H]3CCCN3C)nc(-c3noc([C@@]4(C)CCCc5sc(N)c(C#N)c54)n3)c2)C[C@H]1C. The molecule has 244 valence electrons. The summed E-state index contributed by atoms with van der Waals surface area (Å²) < 4.78 is 19.0. The van der Waals surface area contributed by atoms with Crippen molar-refractivity contribution in [3.63, 3.8) is 0 Å². The number of hydrogen-bond donors (Lipinski definition) is 1. The summed E-state index contributed by atoms with van der Waals surface area (Å²) in [6.07, 6.45) is 7.27. The molecule has 0 unspecified atom stereocenters. The van der Waals surface area contributed by atoms with Gasteiger partial charge in [-0.25, -0.2) is 4.98 Å². The molecule has 2 saturated heterocycles. The number of rotatable bonds is 8. The summed E-state index contributed by atoms with van der Waals surface area (Å²) in [7, 11) is 2.12. The molecule has 0 bridgehead atoms. The molecular formula is C34H43N7O4S. The third kappa shape index (κ3) is 5.86. The smallest absolute Gasteiger partial charge is 0.246 e. The highest BCUT2D eigenvalue weighted by Crippen LogP contribution is 2.48. The minimum Gasteiger partial charge on any atom is -0.490 e. The van der Waals surface area contributed by atoms with Gasteiger partial charge in [0.2, 0.25) is 23.5 Å². The van der Waals surface area contributed by atoms with Gasteiger partial charge in [-0.15, -0.1) is 11.3 Å². The Kier molecular flexibility index (Phi) is 8.83. The van der Waals surface area contributed by atoms with Gasteiger partial charge in [0.25, 0.3) is 0 Å². The number of pyridine rings is 1. The molecular weight excluding hydrogens is 602 g/mol. The van der Waals surface area contributed by atoms with Crippen molar-refractivity contribution in [1.29, 1.82) is 5.26 Å². The number of likely N-dealkylation sites (N-methyl/N-ethyl adjacent to an activating group) is 1. The second-order valence-electron chi connectivity index (χ2n) is 13.3. The van der Waals surface area contributed by atoms with Gasteiger partial charge in [-0.3, -0.25) is 9.69 Å². The largest absolute Gasteiger partial charge is 0.490 e. The number of aromatic nitrogens is 3. The van der Waals surface area contributed by atoms with Gasteiger partial charge >= 0.3 is 0 Å². The van der Waals surface area contributed by atoms with Crippen LogP contribution in [0.4, 0.5) is 5.00 Å². The molecule has 0 radical (unpaired) electrons. The number of fused-ring (bicyclic) bond motifs is 1. The number of aryl methyl sites for hydroxylation is 1. The van der Waals surface area contributed by atoms with Crippen LogP contribution in [0.1, 0.15) is 88.1 Å². The highest BCUT2D eigenvalue weighted by atomic mass is 32.1. The fourth-order valence-corrected chi connectivity index (χ4v) is 8.92. The summed E-state index contributed by atoms with van der Waals surface area (Å²) in [5.41, 5.74) is 7.47. The minimum atomic E-state index is -0.643. The maximum absolute atomic E-state index is 12.5. The van der Waals surface area contributed by atoms with Gasteiger partial charge in [0.1, 0.15) is 34.7 Å². The fourth-order valence-electron chi connectivity index (χ4n) is 7.73. The fraction of sp³-hybridized carbons (Fsp3) is 0.559. The van der Waals surface area contributed by atoms with E-state index in [9.17, 15) is 10.1 Å². The van der Waals surface area contributed by atoms with E-state index < -0.39 is 5.41 Å². The summed E-state index contributed by atoms with van der Waals surface area (Å²) in [5, 5.41) is 14.8. The third-order valence-electron chi connectivity index (χ3n) is 9.97. The molecule has 0 spiro atoms. The van der Waals surface area contributed by atoms with Crippen LogP contribution in [0.3, 0.4) is 0 Å². The number of ether oxygens (including phenoxy) is 2. The predicted molar refractivity (Wildman–Crippen MR) is 176 cm³/mol. The van der Waals surface area contributed by atoms with E-state index >= 15 is 0 Å². The Labute approximate surface area is 274 Å². The molecule has 6 rings (SSSR count). The predicted octanol–water partition coefficient (Wildman–Crippen LogP) is 5.48. The highest BCUT2D eigenvalue weighted by Gasteiger charge is 2.43. The number of amides is 1. The molecule has 1 amide bonds. The van der Waals surface area contributed by atoms with Crippen molar-refractivity contribution < 1.29 is 18.8 Å². The van der Waals surface area contributed by atoms with Gasteiger partial charge in [0.15, 0.2) is 0 Å². The van der Waals surface area contributed by atoms with Gasteiger partial charge in [-0.05, 0) is 79.5 Å². The number of hydrogen-bond acceptors (Lipinski definition) is 11. The molecule has 1 aliphatic carbocycles. The summed E-state index contributed by atoms with van der Waals surface area (Å²) in [6, 6.07) is 6.24. The standard InChI is InChI=1S/C34H43N7O4S/c1-7-29(42)41-19(2)14-22(15-20(41)3)44-23-16-25(37-28(17-23)43-21(4)26-10-9-13-40(26)6)32-38-33(45-39-32)34(5)12-8-11-27-30(34)24(18-35)31(36)46-27/h7,16-17,19-22,26H,1,8-15,36H2,2-6H3/t19-,20-,21+,26+,34+/m1/s1. The van der Waals surface area contributed by atoms with Crippen LogP contribution in [0.2, 0.25) is 0 Å². The molecule has 11 nitrogen and oxygen atoms in total. The van der Waals surface area contributed by atoms with E-state index in [0.29, 0.717) is 52.4 Å². The number of carbonyl (C=O) groups excluding carboxylic acids is 1. The molecule has 2 fully saturated rings. The number of likely N-dealkylation sites (tertiary alicyclic amines) is 2.